The van der Waals surface area contributed by atoms with Crippen LogP contribution in [0.15, 0.2) is 71.3 Å². The summed E-state index contributed by atoms with van der Waals surface area (Å²) in [6, 6.07) is 16.1. The highest BCUT2D eigenvalue weighted by Gasteiger charge is 2.32. The molecule has 0 fully saturated rings. The first-order chi connectivity index (χ1) is 13.9. The van der Waals surface area contributed by atoms with Gasteiger partial charge in [0.25, 0.3) is 0 Å². The van der Waals surface area contributed by atoms with Crippen molar-refractivity contribution in [1.29, 1.82) is 0 Å². The zero-order valence-electron chi connectivity index (χ0n) is 17.5. The molecule has 1 atom stereocenters. The normalized spacial score (nSPS) is 16.4. The Hall–Kier alpha value is -3.21. The fourth-order valence-electron chi connectivity index (χ4n) is 3.41. The van der Waals surface area contributed by atoms with Crippen molar-refractivity contribution in [2.75, 3.05) is 7.11 Å². The van der Waals surface area contributed by atoms with Gasteiger partial charge in [0.05, 0.1) is 18.7 Å². The van der Waals surface area contributed by atoms with Gasteiger partial charge in [-0.15, -0.1) is 0 Å². The number of ether oxygens (including phenoxy) is 3. The zero-order chi connectivity index (χ0) is 21.0. The van der Waals surface area contributed by atoms with E-state index in [0.29, 0.717) is 12.4 Å². The average molecular weight is 393 g/mol. The molecule has 3 rings (SSSR count). The maximum absolute atomic E-state index is 11.9. The summed E-state index contributed by atoms with van der Waals surface area (Å²) < 4.78 is 16.4. The summed E-state index contributed by atoms with van der Waals surface area (Å²) in [6.45, 7) is 8.44. The van der Waals surface area contributed by atoms with Gasteiger partial charge >= 0.3 is 6.16 Å². The number of nitrogens with one attached hydrogen (secondary N) is 1. The molecule has 1 N–H and O–H groups in total. The van der Waals surface area contributed by atoms with Gasteiger partial charge in [0, 0.05) is 11.3 Å². The van der Waals surface area contributed by atoms with Crippen LogP contribution in [0.1, 0.15) is 43.4 Å². The lowest BCUT2D eigenvalue weighted by atomic mass is 9.85. The molecule has 152 valence electrons. The summed E-state index contributed by atoms with van der Waals surface area (Å²) in [7, 11) is 1.30. The summed E-state index contributed by atoms with van der Waals surface area (Å²) in [5, 5.41) is 3.28. The van der Waals surface area contributed by atoms with Crippen molar-refractivity contribution < 1.29 is 19.0 Å². The standard InChI is InChI=1S/C24H27NO4/c1-15-10-12-19(13-11-15)14-28-21-9-7-6-8-20(21)22-16(2)17(3)25-18(4)23(22)29-24(26)27-5/h6-13,22,25H,14H2,1-5H3. The molecule has 2 aromatic rings. The fourth-order valence-corrected chi connectivity index (χ4v) is 3.41. The van der Waals surface area contributed by atoms with E-state index in [1.807, 2.05) is 45.0 Å². The van der Waals surface area contributed by atoms with E-state index in [0.717, 1.165) is 33.8 Å². The topological polar surface area (TPSA) is 56.8 Å². The first-order valence-corrected chi connectivity index (χ1v) is 9.59. The van der Waals surface area contributed by atoms with E-state index in [-0.39, 0.29) is 5.92 Å². The van der Waals surface area contributed by atoms with Gasteiger partial charge in [-0.05, 0) is 44.9 Å². The monoisotopic (exact) mass is 393 g/mol. The van der Waals surface area contributed by atoms with Crippen LogP contribution in [0.3, 0.4) is 0 Å². The molecule has 1 heterocycles. The number of methoxy groups -OCH3 is 1. The zero-order valence-corrected chi connectivity index (χ0v) is 17.5. The summed E-state index contributed by atoms with van der Waals surface area (Å²) >= 11 is 0. The molecule has 5 nitrogen and oxygen atoms in total. The number of carbonyl (C=O) groups excluding carboxylic acids is 1. The van der Waals surface area contributed by atoms with Crippen LogP contribution in [0.4, 0.5) is 4.79 Å². The highest BCUT2D eigenvalue weighted by Crippen LogP contribution is 2.42. The van der Waals surface area contributed by atoms with Crippen LogP contribution in [0.2, 0.25) is 0 Å². The molecule has 0 saturated carbocycles. The van der Waals surface area contributed by atoms with Crippen LogP contribution >= 0.6 is 0 Å². The first-order valence-electron chi connectivity index (χ1n) is 9.59. The van der Waals surface area contributed by atoms with Gasteiger partial charge in [-0.2, -0.15) is 0 Å². The number of para-hydroxylation sites is 1. The Morgan fingerprint density at radius 3 is 2.34 bits per heavy atom. The second-order valence-corrected chi connectivity index (χ2v) is 7.22. The predicted octanol–water partition coefficient (Wildman–Crippen LogP) is 5.57. The van der Waals surface area contributed by atoms with Gasteiger partial charge in [0.1, 0.15) is 18.1 Å². The SMILES string of the molecule is COC(=O)OC1=C(C)NC(C)=C(C)C1c1ccccc1OCc1ccc(C)cc1. The van der Waals surface area contributed by atoms with Crippen molar-refractivity contribution in [1.82, 2.24) is 5.32 Å². The average Bonchev–Trinajstić information content (AvgIpc) is 2.72. The maximum atomic E-state index is 11.9. The van der Waals surface area contributed by atoms with Gasteiger partial charge in [0.2, 0.25) is 0 Å². The Morgan fingerprint density at radius 2 is 1.66 bits per heavy atom. The lowest BCUT2D eigenvalue weighted by Crippen LogP contribution is -2.26. The van der Waals surface area contributed by atoms with Gasteiger partial charge in [-0.1, -0.05) is 48.0 Å². The summed E-state index contributed by atoms with van der Waals surface area (Å²) in [4.78, 5) is 11.9. The molecule has 0 spiro atoms. The second kappa shape index (κ2) is 8.86. The molecule has 5 heteroatoms. The molecule has 1 aliphatic rings. The van der Waals surface area contributed by atoms with Gasteiger partial charge < -0.3 is 19.5 Å². The van der Waals surface area contributed by atoms with Gasteiger partial charge in [-0.25, -0.2) is 4.79 Å². The quantitative estimate of drug-likeness (QED) is 0.673. The molecular weight excluding hydrogens is 366 g/mol. The molecule has 0 amide bonds. The smallest absolute Gasteiger partial charge is 0.489 e. The van der Waals surface area contributed by atoms with Crippen LogP contribution in [0.25, 0.3) is 0 Å². The molecule has 0 aromatic heterocycles. The largest absolute Gasteiger partial charge is 0.513 e. The minimum atomic E-state index is -0.739. The van der Waals surface area contributed by atoms with E-state index >= 15 is 0 Å². The van der Waals surface area contributed by atoms with E-state index in [9.17, 15) is 4.79 Å². The predicted molar refractivity (Wildman–Crippen MR) is 112 cm³/mol. The van der Waals surface area contributed by atoms with Crippen molar-refractivity contribution >= 4 is 6.16 Å². The van der Waals surface area contributed by atoms with Crippen molar-refractivity contribution in [2.24, 2.45) is 0 Å². The third kappa shape index (κ3) is 4.62. The highest BCUT2D eigenvalue weighted by molar-refractivity contribution is 5.63. The Morgan fingerprint density at radius 1 is 0.966 bits per heavy atom. The van der Waals surface area contributed by atoms with Crippen LogP contribution < -0.4 is 10.1 Å². The third-order valence-electron chi connectivity index (χ3n) is 5.14. The lowest BCUT2D eigenvalue weighted by molar-refractivity contribution is 0.0919. The number of carbonyl (C=O) groups is 1. The first kappa shape index (κ1) is 20.5. The van der Waals surface area contributed by atoms with Crippen LogP contribution in [0.5, 0.6) is 5.75 Å². The number of hydrogen-bond acceptors (Lipinski definition) is 5. The van der Waals surface area contributed by atoms with E-state index in [2.05, 4.69) is 36.5 Å². The highest BCUT2D eigenvalue weighted by atomic mass is 16.7. The molecular formula is C24H27NO4. The van der Waals surface area contributed by atoms with Crippen molar-refractivity contribution in [3.63, 3.8) is 0 Å². The Bertz CT molecular complexity index is 957. The van der Waals surface area contributed by atoms with Crippen molar-refractivity contribution in [3.05, 3.63) is 87.9 Å². The number of hydrogen-bond donors (Lipinski definition) is 1. The molecule has 0 bridgehead atoms. The van der Waals surface area contributed by atoms with Crippen LogP contribution in [-0.4, -0.2) is 13.3 Å². The molecule has 0 saturated heterocycles. The number of aryl methyl sites for hydroxylation is 1. The number of benzene rings is 2. The summed E-state index contributed by atoms with van der Waals surface area (Å²) in [5.41, 5.74) is 6.11. The minimum Gasteiger partial charge on any atom is -0.489 e. The molecule has 0 aliphatic carbocycles. The van der Waals surface area contributed by atoms with Gasteiger partial charge in [-0.3, -0.25) is 0 Å². The Labute approximate surface area is 172 Å². The van der Waals surface area contributed by atoms with Crippen LogP contribution in [-0.2, 0) is 16.1 Å². The fraction of sp³-hybridized carbons (Fsp3) is 0.292. The van der Waals surface area contributed by atoms with Gasteiger partial charge in [0.15, 0.2) is 0 Å². The molecule has 0 radical (unpaired) electrons. The van der Waals surface area contributed by atoms with Crippen LogP contribution in [0, 0.1) is 6.92 Å². The second-order valence-electron chi connectivity index (χ2n) is 7.22. The lowest BCUT2D eigenvalue weighted by Gasteiger charge is -2.30. The minimum absolute atomic E-state index is 0.246. The number of rotatable bonds is 5. The summed E-state index contributed by atoms with van der Waals surface area (Å²) in [5.74, 6) is 1.03. The van der Waals surface area contributed by atoms with E-state index in [1.165, 1.54) is 12.7 Å². The summed E-state index contributed by atoms with van der Waals surface area (Å²) in [6.07, 6.45) is -0.739. The van der Waals surface area contributed by atoms with E-state index < -0.39 is 6.16 Å². The van der Waals surface area contributed by atoms with E-state index in [1.54, 1.807) is 0 Å². The maximum Gasteiger partial charge on any atom is 0.513 e. The Balaban J connectivity index is 1.95. The molecule has 29 heavy (non-hydrogen) atoms. The Kier molecular flexibility index (Phi) is 6.27. The number of dihydropyridines is 1. The third-order valence-corrected chi connectivity index (χ3v) is 5.14. The molecule has 2 aromatic carbocycles. The number of allylic oxidation sites excluding steroid dienone is 3. The van der Waals surface area contributed by atoms with E-state index in [4.69, 9.17) is 14.2 Å². The van der Waals surface area contributed by atoms with Crippen molar-refractivity contribution in [2.45, 2.75) is 40.2 Å². The van der Waals surface area contributed by atoms with Crippen molar-refractivity contribution in [3.8, 4) is 5.75 Å². The molecule has 1 unspecified atom stereocenters. The molecule has 1 aliphatic heterocycles.